The zero-order valence-electron chi connectivity index (χ0n) is 12.1. The fourth-order valence-corrected chi connectivity index (χ4v) is 2.74. The molecular formula is C17H21N3O. The van der Waals surface area contributed by atoms with Gasteiger partial charge in [0, 0.05) is 12.2 Å². The fourth-order valence-electron chi connectivity index (χ4n) is 2.74. The smallest absolute Gasteiger partial charge is 0.267 e. The van der Waals surface area contributed by atoms with E-state index in [2.05, 4.69) is 15.6 Å². The summed E-state index contributed by atoms with van der Waals surface area (Å²) in [7, 11) is 0. The minimum atomic E-state index is -0.0252. The molecule has 1 aromatic carbocycles. The Morgan fingerprint density at radius 3 is 2.81 bits per heavy atom. The SMILES string of the molecule is O=C(NCC1CCCNC1)c1ccc(-c2ccccc2)[nH]1. The van der Waals surface area contributed by atoms with Crippen LogP contribution >= 0.6 is 0 Å². The Bertz CT molecular complexity index is 585. The maximum atomic E-state index is 12.2. The second-order valence-electron chi connectivity index (χ2n) is 5.57. The third-order valence-corrected chi connectivity index (χ3v) is 3.97. The zero-order chi connectivity index (χ0) is 14.5. The monoisotopic (exact) mass is 283 g/mol. The molecule has 0 radical (unpaired) electrons. The summed E-state index contributed by atoms with van der Waals surface area (Å²) >= 11 is 0. The molecule has 1 saturated heterocycles. The van der Waals surface area contributed by atoms with Gasteiger partial charge in [-0.15, -0.1) is 0 Å². The van der Waals surface area contributed by atoms with Gasteiger partial charge < -0.3 is 15.6 Å². The molecule has 1 aliphatic heterocycles. The van der Waals surface area contributed by atoms with Crippen molar-refractivity contribution in [2.75, 3.05) is 19.6 Å². The maximum absolute atomic E-state index is 12.2. The molecule has 1 unspecified atom stereocenters. The van der Waals surface area contributed by atoms with Crippen molar-refractivity contribution >= 4 is 5.91 Å². The quantitative estimate of drug-likeness (QED) is 0.807. The summed E-state index contributed by atoms with van der Waals surface area (Å²) in [5.74, 6) is 0.522. The van der Waals surface area contributed by atoms with Gasteiger partial charge in [0.05, 0.1) is 0 Å². The van der Waals surface area contributed by atoms with E-state index in [4.69, 9.17) is 0 Å². The highest BCUT2D eigenvalue weighted by molar-refractivity contribution is 5.93. The predicted octanol–water partition coefficient (Wildman–Crippen LogP) is 2.41. The Morgan fingerprint density at radius 2 is 2.05 bits per heavy atom. The highest BCUT2D eigenvalue weighted by Crippen LogP contribution is 2.18. The van der Waals surface area contributed by atoms with Crippen LogP contribution in [0.15, 0.2) is 42.5 Å². The van der Waals surface area contributed by atoms with E-state index in [1.165, 1.54) is 12.8 Å². The van der Waals surface area contributed by atoms with E-state index < -0.39 is 0 Å². The summed E-state index contributed by atoms with van der Waals surface area (Å²) < 4.78 is 0. The summed E-state index contributed by atoms with van der Waals surface area (Å²) in [5, 5.41) is 6.39. The number of carbonyl (C=O) groups is 1. The van der Waals surface area contributed by atoms with Gasteiger partial charge in [-0.2, -0.15) is 0 Å². The lowest BCUT2D eigenvalue weighted by Crippen LogP contribution is -2.38. The first-order chi connectivity index (χ1) is 10.3. The molecular weight excluding hydrogens is 262 g/mol. The van der Waals surface area contributed by atoms with E-state index in [1.807, 2.05) is 42.5 Å². The van der Waals surface area contributed by atoms with Crippen LogP contribution in [0.3, 0.4) is 0 Å². The number of hydrogen-bond acceptors (Lipinski definition) is 2. The third kappa shape index (κ3) is 3.52. The second-order valence-corrected chi connectivity index (χ2v) is 5.57. The van der Waals surface area contributed by atoms with E-state index in [9.17, 15) is 4.79 Å². The van der Waals surface area contributed by atoms with Gasteiger partial charge in [-0.05, 0) is 49.5 Å². The average Bonchev–Trinajstić information content (AvgIpc) is 3.04. The molecule has 3 rings (SSSR count). The Labute approximate surface area is 125 Å². The Morgan fingerprint density at radius 1 is 1.19 bits per heavy atom. The third-order valence-electron chi connectivity index (χ3n) is 3.97. The van der Waals surface area contributed by atoms with Gasteiger partial charge in [0.25, 0.3) is 5.91 Å². The number of piperidine rings is 1. The van der Waals surface area contributed by atoms with Gasteiger partial charge in [-0.1, -0.05) is 30.3 Å². The van der Waals surface area contributed by atoms with Crippen LogP contribution in [0.4, 0.5) is 0 Å². The molecule has 1 atom stereocenters. The van der Waals surface area contributed by atoms with Gasteiger partial charge in [-0.25, -0.2) is 0 Å². The van der Waals surface area contributed by atoms with E-state index >= 15 is 0 Å². The highest BCUT2D eigenvalue weighted by atomic mass is 16.1. The molecule has 1 amide bonds. The number of aromatic amines is 1. The highest BCUT2D eigenvalue weighted by Gasteiger charge is 2.15. The maximum Gasteiger partial charge on any atom is 0.267 e. The van der Waals surface area contributed by atoms with Crippen LogP contribution < -0.4 is 10.6 Å². The van der Waals surface area contributed by atoms with Gasteiger partial charge in [0.15, 0.2) is 0 Å². The Hall–Kier alpha value is -2.07. The molecule has 1 aliphatic rings. The predicted molar refractivity (Wildman–Crippen MR) is 84.2 cm³/mol. The van der Waals surface area contributed by atoms with Crippen LogP contribution in [-0.2, 0) is 0 Å². The molecule has 1 aromatic heterocycles. The van der Waals surface area contributed by atoms with Crippen LogP contribution in [0.1, 0.15) is 23.3 Å². The van der Waals surface area contributed by atoms with Crippen molar-refractivity contribution in [3.8, 4) is 11.3 Å². The standard InChI is InChI=1S/C17H21N3O/c21-17(19-12-13-5-4-10-18-11-13)16-9-8-15(20-16)14-6-2-1-3-7-14/h1-3,6-9,13,18,20H,4-5,10-12H2,(H,19,21). The average molecular weight is 283 g/mol. The molecule has 4 heteroatoms. The van der Waals surface area contributed by atoms with Gasteiger partial charge in [0.2, 0.25) is 0 Å². The van der Waals surface area contributed by atoms with Crippen molar-refractivity contribution in [1.29, 1.82) is 0 Å². The van der Waals surface area contributed by atoms with Gasteiger partial charge in [-0.3, -0.25) is 4.79 Å². The first-order valence-electron chi connectivity index (χ1n) is 7.56. The lowest BCUT2D eigenvalue weighted by atomic mass is 10.00. The molecule has 0 bridgehead atoms. The van der Waals surface area contributed by atoms with Crippen LogP contribution in [0, 0.1) is 5.92 Å². The molecule has 110 valence electrons. The summed E-state index contributed by atoms with van der Waals surface area (Å²) in [5.41, 5.74) is 2.69. The van der Waals surface area contributed by atoms with E-state index in [0.29, 0.717) is 11.6 Å². The van der Waals surface area contributed by atoms with E-state index in [0.717, 1.165) is 30.9 Å². The van der Waals surface area contributed by atoms with Crippen LogP contribution in [-0.4, -0.2) is 30.5 Å². The summed E-state index contributed by atoms with van der Waals surface area (Å²) in [6, 6.07) is 13.8. The number of hydrogen-bond donors (Lipinski definition) is 3. The van der Waals surface area contributed by atoms with Crippen molar-refractivity contribution in [2.24, 2.45) is 5.92 Å². The van der Waals surface area contributed by atoms with Crippen LogP contribution in [0.5, 0.6) is 0 Å². The fraction of sp³-hybridized carbons (Fsp3) is 0.353. The van der Waals surface area contributed by atoms with Crippen molar-refractivity contribution in [3.63, 3.8) is 0 Å². The molecule has 21 heavy (non-hydrogen) atoms. The molecule has 0 spiro atoms. The molecule has 3 N–H and O–H groups in total. The molecule has 1 fully saturated rings. The van der Waals surface area contributed by atoms with Crippen LogP contribution in [0.2, 0.25) is 0 Å². The lowest BCUT2D eigenvalue weighted by Gasteiger charge is -2.22. The van der Waals surface area contributed by atoms with Crippen molar-refractivity contribution in [1.82, 2.24) is 15.6 Å². The van der Waals surface area contributed by atoms with Crippen molar-refractivity contribution in [3.05, 3.63) is 48.2 Å². The molecule has 0 saturated carbocycles. The van der Waals surface area contributed by atoms with E-state index in [-0.39, 0.29) is 5.91 Å². The lowest BCUT2D eigenvalue weighted by molar-refractivity contribution is 0.0940. The number of benzene rings is 1. The second kappa shape index (κ2) is 6.59. The first-order valence-corrected chi connectivity index (χ1v) is 7.56. The number of carbonyl (C=O) groups excluding carboxylic acids is 1. The number of amides is 1. The molecule has 2 heterocycles. The number of aromatic nitrogens is 1. The van der Waals surface area contributed by atoms with Gasteiger partial charge in [0.1, 0.15) is 5.69 Å². The van der Waals surface area contributed by atoms with E-state index in [1.54, 1.807) is 0 Å². The summed E-state index contributed by atoms with van der Waals surface area (Å²) in [6.07, 6.45) is 2.38. The summed E-state index contributed by atoms with van der Waals surface area (Å²) in [4.78, 5) is 15.4. The topological polar surface area (TPSA) is 56.9 Å². The Balaban J connectivity index is 1.59. The number of nitrogens with one attached hydrogen (secondary N) is 3. The summed E-state index contributed by atoms with van der Waals surface area (Å²) in [6.45, 7) is 2.84. The van der Waals surface area contributed by atoms with Crippen LogP contribution in [0.25, 0.3) is 11.3 Å². The zero-order valence-corrected chi connectivity index (χ0v) is 12.1. The number of rotatable bonds is 4. The van der Waals surface area contributed by atoms with Crippen molar-refractivity contribution in [2.45, 2.75) is 12.8 Å². The minimum Gasteiger partial charge on any atom is -0.351 e. The minimum absolute atomic E-state index is 0.0252. The first kappa shape index (κ1) is 13.9. The van der Waals surface area contributed by atoms with Crippen molar-refractivity contribution < 1.29 is 4.79 Å². The number of H-pyrrole nitrogens is 1. The largest absolute Gasteiger partial charge is 0.351 e. The normalized spacial score (nSPS) is 18.4. The molecule has 0 aliphatic carbocycles. The molecule has 2 aromatic rings. The Kier molecular flexibility index (Phi) is 4.36. The van der Waals surface area contributed by atoms with Gasteiger partial charge >= 0.3 is 0 Å². The molecule has 4 nitrogen and oxygen atoms in total.